The van der Waals surface area contributed by atoms with Crippen LogP contribution in [0.15, 0.2) is 52.3 Å². The van der Waals surface area contributed by atoms with Crippen molar-refractivity contribution in [2.45, 2.75) is 60.5 Å². The van der Waals surface area contributed by atoms with Gasteiger partial charge < -0.3 is 15.5 Å². The maximum absolute atomic E-state index is 12.9. The zero-order valence-electron chi connectivity index (χ0n) is 17.4. The number of halogens is 4. The highest BCUT2D eigenvalue weighted by Gasteiger charge is 2.30. The minimum absolute atomic E-state index is 0.245. The Balaban J connectivity index is 1.99. The van der Waals surface area contributed by atoms with Crippen LogP contribution in [0.4, 0.5) is 13.2 Å². The van der Waals surface area contributed by atoms with Crippen LogP contribution in [-0.4, -0.2) is 21.9 Å². The first-order valence-corrected chi connectivity index (χ1v) is 12.7. The molecule has 0 aliphatic carbocycles. The number of phosphoric acid groups is 1. The summed E-state index contributed by atoms with van der Waals surface area (Å²) >= 11 is 7.57. The minimum atomic E-state index is -4.60. The fourth-order valence-corrected chi connectivity index (χ4v) is 4.96. The highest BCUT2D eigenvalue weighted by molar-refractivity contribution is 7.99. The van der Waals surface area contributed by atoms with E-state index in [-0.39, 0.29) is 6.61 Å². The van der Waals surface area contributed by atoms with E-state index >= 15 is 0 Å². The molecule has 0 spiro atoms. The number of alkyl halides is 3. The first kappa shape index (κ1) is 27.2. The molecule has 0 unspecified atom stereocenters. The Morgan fingerprint density at radius 1 is 1.12 bits per heavy atom. The van der Waals surface area contributed by atoms with Crippen LogP contribution in [0.2, 0.25) is 5.02 Å². The van der Waals surface area contributed by atoms with Crippen LogP contribution in [-0.2, 0) is 21.7 Å². The van der Waals surface area contributed by atoms with Gasteiger partial charge in [0.1, 0.15) is 0 Å². The van der Waals surface area contributed by atoms with Crippen molar-refractivity contribution in [3.8, 4) is 0 Å². The quantitative estimate of drug-likeness (QED) is 0.301. The van der Waals surface area contributed by atoms with Gasteiger partial charge in [0.2, 0.25) is 0 Å². The Morgan fingerprint density at radius 2 is 1.81 bits per heavy atom. The topological polar surface area (TPSA) is 92.8 Å². The summed E-state index contributed by atoms with van der Waals surface area (Å²) in [5.41, 5.74) is 5.58. The number of phosphoric ester groups is 1. The van der Waals surface area contributed by atoms with E-state index in [9.17, 15) is 17.7 Å². The van der Waals surface area contributed by atoms with Gasteiger partial charge >= 0.3 is 14.0 Å². The van der Waals surface area contributed by atoms with Gasteiger partial charge in [-0.15, -0.1) is 0 Å². The fraction of sp³-hybridized carbons (Fsp3) is 0.429. The normalized spacial score (nSPS) is 14.4. The van der Waals surface area contributed by atoms with Crippen molar-refractivity contribution in [1.29, 1.82) is 0 Å². The van der Waals surface area contributed by atoms with E-state index in [1.165, 1.54) is 17.8 Å². The molecule has 0 aromatic heterocycles. The summed E-state index contributed by atoms with van der Waals surface area (Å²) in [6, 6.07) is 10.4. The molecule has 2 aromatic carbocycles. The van der Waals surface area contributed by atoms with Gasteiger partial charge in [-0.2, -0.15) is 13.2 Å². The van der Waals surface area contributed by atoms with Crippen LogP contribution in [0, 0.1) is 0 Å². The molecule has 2 aromatic rings. The molecule has 0 bridgehead atoms. The molecular weight excluding hydrogens is 486 g/mol. The zero-order valence-corrected chi connectivity index (χ0v) is 19.9. The Bertz CT molecular complexity index is 957. The Hall–Kier alpha value is -1.06. The van der Waals surface area contributed by atoms with Crippen molar-refractivity contribution in [2.24, 2.45) is 5.73 Å². The Morgan fingerprint density at radius 3 is 2.41 bits per heavy atom. The molecule has 0 aliphatic rings. The third kappa shape index (κ3) is 9.06. The average Bonchev–Trinajstić information content (AvgIpc) is 2.68. The van der Waals surface area contributed by atoms with Gasteiger partial charge in [-0.05, 0) is 61.6 Å². The molecule has 0 fully saturated rings. The zero-order chi connectivity index (χ0) is 24.0. The lowest BCUT2D eigenvalue weighted by atomic mass is 9.89. The number of nitrogens with two attached hydrogens (primary N) is 1. The molecule has 0 amide bonds. The van der Waals surface area contributed by atoms with E-state index in [1.807, 2.05) is 13.0 Å². The summed E-state index contributed by atoms with van der Waals surface area (Å²) in [5.74, 6) is 0. The van der Waals surface area contributed by atoms with Crippen molar-refractivity contribution in [1.82, 2.24) is 0 Å². The summed E-state index contributed by atoms with van der Waals surface area (Å²) in [7, 11) is -4.60. The number of hydrogen-bond acceptors (Lipinski definition) is 4. The molecule has 4 N–H and O–H groups in total. The molecule has 32 heavy (non-hydrogen) atoms. The lowest BCUT2D eigenvalue weighted by Gasteiger charge is -2.29. The summed E-state index contributed by atoms with van der Waals surface area (Å²) in [4.78, 5) is 19.0. The number of aryl methyl sites for hydroxylation is 1. The van der Waals surface area contributed by atoms with E-state index in [0.29, 0.717) is 40.5 Å². The monoisotopic (exact) mass is 511 g/mol. The Kier molecular flexibility index (Phi) is 9.67. The van der Waals surface area contributed by atoms with Crippen LogP contribution >= 0.6 is 31.2 Å². The molecule has 0 heterocycles. The number of rotatable bonds is 11. The van der Waals surface area contributed by atoms with Crippen LogP contribution in [0.25, 0.3) is 0 Å². The predicted molar refractivity (Wildman–Crippen MR) is 120 cm³/mol. The smallest absolute Gasteiger partial charge is 0.323 e. The van der Waals surface area contributed by atoms with Crippen molar-refractivity contribution in [3.63, 3.8) is 0 Å². The van der Waals surface area contributed by atoms with Gasteiger partial charge in [0, 0.05) is 20.4 Å². The van der Waals surface area contributed by atoms with Crippen molar-refractivity contribution >= 4 is 31.2 Å². The highest BCUT2D eigenvalue weighted by atomic mass is 35.5. The van der Waals surface area contributed by atoms with Gasteiger partial charge in [0.15, 0.2) is 0 Å². The molecule has 0 aliphatic heterocycles. The van der Waals surface area contributed by atoms with Crippen LogP contribution in [0.1, 0.15) is 43.7 Å². The predicted octanol–water partition coefficient (Wildman–Crippen LogP) is 6.44. The third-order valence-electron chi connectivity index (χ3n) is 4.81. The van der Waals surface area contributed by atoms with Gasteiger partial charge in [-0.1, -0.05) is 48.8 Å². The fourth-order valence-electron chi connectivity index (χ4n) is 3.28. The standard InChI is InChI=1S/C21H26ClF3NO4PS/c1-2-10-20(26,14-30-31(27,28)29)11-4-5-15-8-9-18(13-19(15)22)32-17-7-3-6-16(12-17)21(23,24)25/h3,6-9,12-13H,2,4-5,10-11,14,26H2,1H3,(H2,27,28,29)/t20-/m1/s1. The van der Waals surface area contributed by atoms with Crippen molar-refractivity contribution < 1.29 is 32.0 Å². The average molecular weight is 512 g/mol. The summed E-state index contributed by atoms with van der Waals surface area (Å²) in [5, 5.41) is 0.492. The van der Waals surface area contributed by atoms with Crippen LogP contribution in [0.3, 0.4) is 0 Å². The van der Waals surface area contributed by atoms with E-state index in [4.69, 9.17) is 27.1 Å². The Labute approximate surface area is 194 Å². The van der Waals surface area contributed by atoms with E-state index in [0.717, 1.165) is 24.1 Å². The SMILES string of the molecule is CCC[C@@](N)(CCCc1ccc(Sc2cccc(C(F)(F)F)c2)cc1Cl)COP(=O)(O)O. The van der Waals surface area contributed by atoms with E-state index < -0.39 is 25.1 Å². The molecule has 0 saturated heterocycles. The molecule has 178 valence electrons. The maximum Gasteiger partial charge on any atom is 0.469 e. The highest BCUT2D eigenvalue weighted by Crippen LogP contribution is 2.38. The maximum atomic E-state index is 12.9. The van der Waals surface area contributed by atoms with Crippen LogP contribution < -0.4 is 5.73 Å². The second-order valence-corrected chi connectivity index (χ2v) is 10.4. The number of hydrogen-bond donors (Lipinski definition) is 3. The van der Waals surface area contributed by atoms with Crippen molar-refractivity contribution in [2.75, 3.05) is 6.61 Å². The second-order valence-electron chi connectivity index (χ2n) is 7.61. The molecule has 2 rings (SSSR count). The van der Waals surface area contributed by atoms with Gasteiger partial charge in [0.05, 0.1) is 12.2 Å². The van der Waals surface area contributed by atoms with Gasteiger partial charge in [-0.3, -0.25) is 4.52 Å². The van der Waals surface area contributed by atoms with E-state index in [1.54, 1.807) is 18.2 Å². The summed E-state index contributed by atoms with van der Waals surface area (Å²) in [6.07, 6.45) is -1.41. The van der Waals surface area contributed by atoms with E-state index in [2.05, 4.69) is 4.52 Å². The van der Waals surface area contributed by atoms with Crippen molar-refractivity contribution in [3.05, 3.63) is 58.6 Å². The molecule has 11 heteroatoms. The number of benzene rings is 2. The largest absolute Gasteiger partial charge is 0.469 e. The minimum Gasteiger partial charge on any atom is -0.323 e. The third-order valence-corrected chi connectivity index (χ3v) is 6.61. The lowest BCUT2D eigenvalue weighted by molar-refractivity contribution is -0.137. The van der Waals surface area contributed by atoms with Gasteiger partial charge in [0.25, 0.3) is 0 Å². The molecule has 5 nitrogen and oxygen atoms in total. The second kappa shape index (κ2) is 11.4. The molecule has 0 saturated carbocycles. The molecular formula is C21H26ClF3NO4PS. The van der Waals surface area contributed by atoms with Crippen LogP contribution in [0.5, 0.6) is 0 Å². The first-order chi connectivity index (χ1) is 14.8. The van der Waals surface area contributed by atoms with Gasteiger partial charge in [-0.25, -0.2) is 4.57 Å². The summed E-state index contributed by atoms with van der Waals surface area (Å²) in [6.45, 7) is 1.68. The molecule has 0 radical (unpaired) electrons. The molecule has 1 atom stereocenters. The lowest BCUT2D eigenvalue weighted by Crippen LogP contribution is -2.44. The first-order valence-electron chi connectivity index (χ1n) is 9.94. The summed E-state index contributed by atoms with van der Waals surface area (Å²) < 4.78 is 54.3.